The normalized spacial score (nSPS) is 25.7. The highest BCUT2D eigenvalue weighted by atomic mass is 35.5. The SMILES string of the molecule is O=C(N[C@H]1CN2CCC1CC2)c1ncc(-c2ccc(F)cc2Cl)o1. The molecule has 3 fully saturated rings. The first-order valence-electron chi connectivity index (χ1n) is 8.04. The molecular weight excluding hydrogens is 333 g/mol. The number of aromatic nitrogens is 1. The van der Waals surface area contributed by atoms with Crippen molar-refractivity contribution in [3.05, 3.63) is 41.1 Å². The summed E-state index contributed by atoms with van der Waals surface area (Å²) in [7, 11) is 0. The molecule has 2 bridgehead atoms. The standard InChI is InChI=1S/C17H17ClFN3O2/c18-13-7-11(19)1-2-12(13)15-8-20-17(24-15)16(23)21-14-9-22-5-3-10(14)4-6-22/h1-2,7-8,10,14H,3-6,9H2,(H,21,23)/t14-/m0/s1. The number of halogens is 2. The van der Waals surface area contributed by atoms with Gasteiger partial charge in [-0.3, -0.25) is 4.79 Å². The number of benzene rings is 1. The highest BCUT2D eigenvalue weighted by Crippen LogP contribution is 2.30. The van der Waals surface area contributed by atoms with Gasteiger partial charge in [-0.25, -0.2) is 9.37 Å². The van der Waals surface area contributed by atoms with E-state index in [1.165, 1.54) is 24.4 Å². The minimum Gasteiger partial charge on any atom is -0.432 e. The lowest BCUT2D eigenvalue weighted by Gasteiger charge is -2.44. The number of hydrogen-bond donors (Lipinski definition) is 1. The zero-order chi connectivity index (χ0) is 16.7. The van der Waals surface area contributed by atoms with E-state index in [4.69, 9.17) is 16.0 Å². The van der Waals surface area contributed by atoms with Crippen LogP contribution in [0.1, 0.15) is 23.5 Å². The fourth-order valence-electron chi connectivity index (χ4n) is 3.55. The van der Waals surface area contributed by atoms with E-state index in [1.807, 2.05) is 0 Å². The molecule has 1 aromatic heterocycles. The highest BCUT2D eigenvalue weighted by Gasteiger charge is 2.35. The Kier molecular flexibility index (Phi) is 4.02. The molecule has 1 atom stereocenters. The molecule has 3 aliphatic rings. The maximum atomic E-state index is 13.1. The Morgan fingerprint density at radius 2 is 2.17 bits per heavy atom. The Morgan fingerprint density at radius 3 is 2.83 bits per heavy atom. The molecule has 1 aromatic carbocycles. The molecule has 0 saturated carbocycles. The second-order valence-electron chi connectivity index (χ2n) is 6.37. The van der Waals surface area contributed by atoms with Gasteiger partial charge in [-0.15, -0.1) is 0 Å². The van der Waals surface area contributed by atoms with Crippen LogP contribution in [0.25, 0.3) is 11.3 Å². The Morgan fingerprint density at radius 1 is 1.38 bits per heavy atom. The van der Waals surface area contributed by atoms with Crippen LogP contribution in [0.2, 0.25) is 5.02 Å². The largest absolute Gasteiger partial charge is 0.432 e. The Labute approximate surface area is 143 Å². The number of oxazole rings is 1. The van der Waals surface area contributed by atoms with E-state index in [9.17, 15) is 9.18 Å². The van der Waals surface area contributed by atoms with Crippen molar-refractivity contribution in [2.45, 2.75) is 18.9 Å². The zero-order valence-corrected chi connectivity index (χ0v) is 13.7. The van der Waals surface area contributed by atoms with Crippen molar-refractivity contribution >= 4 is 17.5 Å². The van der Waals surface area contributed by atoms with Gasteiger partial charge in [0.05, 0.1) is 11.2 Å². The molecular formula is C17H17ClFN3O2. The minimum atomic E-state index is -0.427. The predicted octanol–water partition coefficient (Wildman–Crippen LogP) is 2.96. The zero-order valence-electron chi connectivity index (χ0n) is 13.0. The number of carbonyl (C=O) groups is 1. The van der Waals surface area contributed by atoms with Crippen LogP contribution in [0, 0.1) is 11.7 Å². The fraction of sp³-hybridized carbons (Fsp3) is 0.412. The number of piperidine rings is 3. The van der Waals surface area contributed by atoms with Crippen LogP contribution >= 0.6 is 11.6 Å². The first-order chi connectivity index (χ1) is 11.6. The summed E-state index contributed by atoms with van der Waals surface area (Å²) in [6.07, 6.45) is 3.67. The molecule has 24 heavy (non-hydrogen) atoms. The third kappa shape index (κ3) is 2.91. The van der Waals surface area contributed by atoms with E-state index in [2.05, 4.69) is 15.2 Å². The highest BCUT2D eigenvalue weighted by molar-refractivity contribution is 6.33. The topological polar surface area (TPSA) is 58.4 Å². The summed E-state index contributed by atoms with van der Waals surface area (Å²) in [5, 5.41) is 3.24. The monoisotopic (exact) mass is 349 g/mol. The van der Waals surface area contributed by atoms with Crippen LogP contribution in [0.3, 0.4) is 0 Å². The van der Waals surface area contributed by atoms with Gasteiger partial charge in [0.25, 0.3) is 5.89 Å². The van der Waals surface area contributed by atoms with Gasteiger partial charge >= 0.3 is 5.91 Å². The van der Waals surface area contributed by atoms with E-state index >= 15 is 0 Å². The summed E-state index contributed by atoms with van der Waals surface area (Å²) < 4.78 is 18.7. The summed E-state index contributed by atoms with van der Waals surface area (Å²) in [6, 6.07) is 4.14. The van der Waals surface area contributed by atoms with E-state index < -0.39 is 5.82 Å². The minimum absolute atomic E-state index is 0.00170. The number of fused-ring (bicyclic) bond motifs is 3. The maximum Gasteiger partial charge on any atom is 0.307 e. The van der Waals surface area contributed by atoms with Crippen LogP contribution in [0.5, 0.6) is 0 Å². The molecule has 7 heteroatoms. The smallest absolute Gasteiger partial charge is 0.307 e. The molecule has 126 valence electrons. The molecule has 0 spiro atoms. The van der Waals surface area contributed by atoms with Gasteiger partial charge in [0.2, 0.25) is 0 Å². The van der Waals surface area contributed by atoms with Crippen molar-refractivity contribution in [3.63, 3.8) is 0 Å². The van der Waals surface area contributed by atoms with Gasteiger partial charge in [0.15, 0.2) is 5.76 Å². The molecule has 5 rings (SSSR count). The Balaban J connectivity index is 1.49. The van der Waals surface area contributed by atoms with Crippen LogP contribution < -0.4 is 5.32 Å². The lowest BCUT2D eigenvalue weighted by atomic mass is 9.84. The lowest BCUT2D eigenvalue weighted by Crippen LogP contribution is -2.57. The number of hydrogen-bond acceptors (Lipinski definition) is 4. The van der Waals surface area contributed by atoms with Gasteiger partial charge in [-0.2, -0.15) is 0 Å². The second-order valence-corrected chi connectivity index (χ2v) is 6.78. The second kappa shape index (κ2) is 6.18. The molecule has 5 nitrogen and oxygen atoms in total. The average molecular weight is 350 g/mol. The van der Waals surface area contributed by atoms with Gasteiger partial charge in [-0.1, -0.05) is 11.6 Å². The lowest BCUT2D eigenvalue weighted by molar-refractivity contribution is 0.0602. The van der Waals surface area contributed by atoms with Crippen molar-refractivity contribution in [3.8, 4) is 11.3 Å². The fourth-order valence-corrected chi connectivity index (χ4v) is 3.81. The molecule has 3 saturated heterocycles. The first kappa shape index (κ1) is 15.6. The average Bonchev–Trinajstić information content (AvgIpc) is 3.06. The van der Waals surface area contributed by atoms with Crippen molar-refractivity contribution in [2.75, 3.05) is 19.6 Å². The van der Waals surface area contributed by atoms with Gasteiger partial charge < -0.3 is 14.6 Å². The summed E-state index contributed by atoms with van der Waals surface area (Å²) in [5.41, 5.74) is 0.507. The van der Waals surface area contributed by atoms with E-state index in [-0.39, 0.29) is 22.9 Å². The summed E-state index contributed by atoms with van der Waals surface area (Å²) in [5.74, 6) is 0.127. The molecule has 0 unspecified atom stereocenters. The number of nitrogens with one attached hydrogen (secondary N) is 1. The van der Waals surface area contributed by atoms with Crippen molar-refractivity contribution in [1.29, 1.82) is 0 Å². The van der Waals surface area contributed by atoms with Crippen molar-refractivity contribution < 1.29 is 13.6 Å². The van der Waals surface area contributed by atoms with E-state index in [0.717, 1.165) is 32.5 Å². The molecule has 1 N–H and O–H groups in total. The summed E-state index contributed by atoms with van der Waals surface area (Å²) >= 11 is 6.02. The summed E-state index contributed by atoms with van der Waals surface area (Å²) in [4.78, 5) is 18.8. The van der Waals surface area contributed by atoms with Gasteiger partial charge in [0.1, 0.15) is 5.82 Å². The number of nitrogens with zero attached hydrogens (tertiary/aromatic N) is 2. The van der Waals surface area contributed by atoms with Gasteiger partial charge in [-0.05, 0) is 50.0 Å². The molecule has 0 aliphatic carbocycles. The third-order valence-electron chi connectivity index (χ3n) is 4.87. The molecule has 0 radical (unpaired) electrons. The van der Waals surface area contributed by atoms with Crippen molar-refractivity contribution in [2.24, 2.45) is 5.92 Å². The van der Waals surface area contributed by atoms with Gasteiger partial charge in [0, 0.05) is 18.2 Å². The van der Waals surface area contributed by atoms with E-state index in [0.29, 0.717) is 17.2 Å². The van der Waals surface area contributed by atoms with E-state index in [1.54, 1.807) is 0 Å². The quantitative estimate of drug-likeness (QED) is 0.925. The number of rotatable bonds is 3. The van der Waals surface area contributed by atoms with Crippen LogP contribution in [-0.2, 0) is 0 Å². The summed E-state index contributed by atoms with van der Waals surface area (Å²) in [6.45, 7) is 3.11. The molecule has 1 amide bonds. The van der Waals surface area contributed by atoms with Crippen LogP contribution in [0.15, 0.2) is 28.8 Å². The third-order valence-corrected chi connectivity index (χ3v) is 5.18. The number of carbonyl (C=O) groups excluding carboxylic acids is 1. The van der Waals surface area contributed by atoms with Crippen LogP contribution in [-0.4, -0.2) is 41.5 Å². The maximum absolute atomic E-state index is 13.1. The molecule has 2 aromatic rings. The Bertz CT molecular complexity index is 771. The first-order valence-corrected chi connectivity index (χ1v) is 8.42. The van der Waals surface area contributed by atoms with Crippen LogP contribution in [0.4, 0.5) is 4.39 Å². The Hall–Kier alpha value is -1.92. The van der Waals surface area contributed by atoms with Crippen molar-refractivity contribution in [1.82, 2.24) is 15.2 Å². The predicted molar refractivity (Wildman–Crippen MR) is 87.3 cm³/mol. The molecule has 4 heterocycles. The molecule has 3 aliphatic heterocycles. The number of amides is 1.